The fourth-order valence-electron chi connectivity index (χ4n) is 6.36. The molecule has 2 aliphatic carbocycles. The minimum Gasteiger partial charge on any atom is -0.378 e. The lowest BCUT2D eigenvalue weighted by Crippen LogP contribution is -2.34. The van der Waals surface area contributed by atoms with E-state index in [1.807, 2.05) is 25.9 Å². The fourth-order valence-corrected chi connectivity index (χ4v) is 9.81. The second kappa shape index (κ2) is 9.43. The maximum Gasteiger partial charge on any atom is 0.308 e. The topological polar surface area (TPSA) is 54.3 Å². The van der Waals surface area contributed by atoms with Gasteiger partial charge in [-0.2, -0.15) is 0 Å². The molecule has 188 valence electrons. The smallest absolute Gasteiger partial charge is 0.308 e. The Morgan fingerprint density at radius 3 is 2.56 bits per heavy atom. The van der Waals surface area contributed by atoms with Crippen LogP contribution >= 0.6 is 46.3 Å². The highest BCUT2D eigenvalue weighted by molar-refractivity contribution is 8.00. The zero-order chi connectivity index (χ0) is 25.1. The largest absolute Gasteiger partial charge is 0.378 e. The first kappa shape index (κ1) is 24.4. The highest BCUT2D eigenvalue weighted by atomic mass is 35.5. The first-order valence-corrected chi connectivity index (χ1v) is 14.7. The Kier molecular flexibility index (Phi) is 6.39. The molecule has 3 aliphatic rings. The highest BCUT2D eigenvalue weighted by Crippen LogP contribution is 2.64. The molecule has 2 saturated carbocycles. The number of hydrogen-bond donors (Lipinski definition) is 1. The van der Waals surface area contributed by atoms with Crippen LogP contribution in [-0.4, -0.2) is 29.8 Å². The molecule has 1 amide bonds. The van der Waals surface area contributed by atoms with Gasteiger partial charge in [-0.3, -0.25) is 14.2 Å². The number of thiazole rings is 1. The number of aromatic nitrogens is 1. The Hall–Kier alpha value is -1.93. The third kappa shape index (κ3) is 4.18. The molecule has 9 heteroatoms. The van der Waals surface area contributed by atoms with Gasteiger partial charge in [-0.15, -0.1) is 11.8 Å². The van der Waals surface area contributed by atoms with Crippen molar-refractivity contribution in [2.24, 2.45) is 17.8 Å². The average Bonchev–Trinajstić information content (AvgIpc) is 3.54. The van der Waals surface area contributed by atoms with Crippen LogP contribution in [0.1, 0.15) is 35.6 Å². The molecule has 3 aromatic rings. The number of carbonyl (C=O) groups is 1. The standard InChI is InChI=1S/C27H27Cl2N3O2S2/c1-31(2)18-8-5-14(6-9-18)22-23-15-3-4-16(11-15)24(23)35-26-25(22)36-27(34)32(26)13-21(33)30-17-7-10-19(28)20(29)12-17/h5-10,12,15-16,22-24H,3-4,11,13H2,1-2H3,(H,30,33)/t15?,16?,22-,23?,24?/m0/s1. The van der Waals surface area contributed by atoms with Crippen molar-refractivity contribution >= 4 is 63.6 Å². The van der Waals surface area contributed by atoms with E-state index < -0.39 is 0 Å². The van der Waals surface area contributed by atoms with Crippen LogP contribution in [0.4, 0.5) is 11.4 Å². The van der Waals surface area contributed by atoms with Gasteiger partial charge in [0.2, 0.25) is 5.91 Å². The van der Waals surface area contributed by atoms with E-state index in [-0.39, 0.29) is 23.2 Å². The first-order valence-electron chi connectivity index (χ1n) is 12.2. The summed E-state index contributed by atoms with van der Waals surface area (Å²) in [5.74, 6) is 1.90. The second-order valence-electron chi connectivity index (χ2n) is 10.3. The number of fused-ring (bicyclic) bond motifs is 6. The van der Waals surface area contributed by atoms with E-state index >= 15 is 0 Å². The molecule has 1 aliphatic heterocycles. The minimum atomic E-state index is -0.251. The Labute approximate surface area is 228 Å². The number of rotatable bonds is 5. The van der Waals surface area contributed by atoms with Gasteiger partial charge in [0.15, 0.2) is 0 Å². The van der Waals surface area contributed by atoms with Crippen LogP contribution < -0.4 is 15.1 Å². The van der Waals surface area contributed by atoms with Crippen molar-refractivity contribution in [1.82, 2.24) is 4.57 Å². The van der Waals surface area contributed by atoms with Crippen LogP contribution in [0.3, 0.4) is 0 Å². The number of carbonyl (C=O) groups excluding carboxylic acids is 1. The predicted octanol–water partition coefficient (Wildman–Crippen LogP) is 6.57. The summed E-state index contributed by atoms with van der Waals surface area (Å²) in [4.78, 5) is 29.4. The Bertz CT molecular complexity index is 1380. The molecule has 0 radical (unpaired) electrons. The maximum absolute atomic E-state index is 13.3. The number of anilines is 2. The molecular weight excluding hydrogens is 533 g/mol. The summed E-state index contributed by atoms with van der Waals surface area (Å²) in [5, 5.41) is 5.14. The fraction of sp³-hybridized carbons (Fsp3) is 0.407. The Morgan fingerprint density at radius 2 is 1.83 bits per heavy atom. The third-order valence-electron chi connectivity index (χ3n) is 7.96. The molecule has 1 aromatic heterocycles. The van der Waals surface area contributed by atoms with E-state index in [9.17, 15) is 9.59 Å². The molecule has 2 aromatic carbocycles. The number of hydrogen-bond acceptors (Lipinski definition) is 5. The lowest BCUT2D eigenvalue weighted by molar-refractivity contribution is -0.116. The van der Waals surface area contributed by atoms with Gasteiger partial charge in [-0.25, -0.2) is 0 Å². The maximum atomic E-state index is 13.3. The third-order valence-corrected chi connectivity index (χ3v) is 11.5. The van der Waals surface area contributed by atoms with Crippen molar-refractivity contribution in [3.05, 3.63) is 72.6 Å². The number of halogens is 2. The van der Waals surface area contributed by atoms with E-state index in [1.165, 1.54) is 41.9 Å². The summed E-state index contributed by atoms with van der Waals surface area (Å²) in [6.45, 7) is -0.0182. The van der Waals surface area contributed by atoms with E-state index in [4.69, 9.17) is 23.2 Å². The van der Waals surface area contributed by atoms with Gasteiger partial charge in [-0.05, 0) is 72.9 Å². The molecule has 36 heavy (non-hydrogen) atoms. The van der Waals surface area contributed by atoms with Crippen LogP contribution in [0.5, 0.6) is 0 Å². The highest BCUT2D eigenvalue weighted by Gasteiger charge is 2.55. The van der Waals surface area contributed by atoms with Crippen molar-refractivity contribution < 1.29 is 4.79 Å². The van der Waals surface area contributed by atoms with Gasteiger partial charge in [0.1, 0.15) is 6.54 Å². The lowest BCUT2D eigenvalue weighted by atomic mass is 9.75. The van der Waals surface area contributed by atoms with E-state index in [0.717, 1.165) is 9.90 Å². The van der Waals surface area contributed by atoms with Gasteiger partial charge in [0, 0.05) is 41.5 Å². The molecule has 6 rings (SSSR count). The van der Waals surface area contributed by atoms with E-state index in [0.29, 0.717) is 38.7 Å². The van der Waals surface area contributed by atoms with Crippen LogP contribution in [0.25, 0.3) is 0 Å². The molecular formula is C27H27Cl2N3O2S2. The Morgan fingerprint density at radius 1 is 1.08 bits per heavy atom. The van der Waals surface area contributed by atoms with E-state index in [2.05, 4.69) is 34.5 Å². The van der Waals surface area contributed by atoms with Gasteiger partial charge in [-0.1, -0.05) is 46.7 Å². The van der Waals surface area contributed by atoms with Crippen LogP contribution in [0.15, 0.2) is 52.3 Å². The van der Waals surface area contributed by atoms with Crippen molar-refractivity contribution in [2.75, 3.05) is 24.3 Å². The SMILES string of the molecule is CN(C)c1ccc([C@@H]2c3sc(=O)n(CC(=O)Nc4ccc(Cl)c(Cl)c4)c3SC3C4CCC(C4)C32)cc1. The summed E-state index contributed by atoms with van der Waals surface area (Å²) < 4.78 is 1.68. The van der Waals surface area contributed by atoms with Crippen molar-refractivity contribution in [3.8, 4) is 0 Å². The normalized spacial score (nSPS) is 25.9. The summed E-state index contributed by atoms with van der Waals surface area (Å²) in [6, 6.07) is 13.8. The average molecular weight is 561 g/mol. The monoisotopic (exact) mass is 559 g/mol. The zero-order valence-corrected chi connectivity index (χ0v) is 23.2. The number of benzene rings is 2. The molecule has 4 unspecified atom stereocenters. The molecule has 0 spiro atoms. The molecule has 1 N–H and O–H groups in total. The lowest BCUT2D eigenvalue weighted by Gasteiger charge is -2.40. The van der Waals surface area contributed by atoms with Gasteiger partial charge < -0.3 is 10.2 Å². The predicted molar refractivity (Wildman–Crippen MR) is 150 cm³/mol. The van der Waals surface area contributed by atoms with Crippen molar-refractivity contribution in [3.63, 3.8) is 0 Å². The van der Waals surface area contributed by atoms with Crippen LogP contribution in [-0.2, 0) is 11.3 Å². The van der Waals surface area contributed by atoms with Gasteiger partial charge in [0.25, 0.3) is 0 Å². The number of nitrogens with zero attached hydrogens (tertiary/aromatic N) is 2. The molecule has 5 nitrogen and oxygen atoms in total. The number of nitrogens with one attached hydrogen (secondary N) is 1. The van der Waals surface area contributed by atoms with E-state index in [1.54, 1.807) is 22.8 Å². The summed E-state index contributed by atoms with van der Waals surface area (Å²) in [7, 11) is 4.09. The Balaban J connectivity index is 1.35. The molecule has 0 saturated heterocycles. The van der Waals surface area contributed by atoms with Crippen molar-refractivity contribution in [2.45, 2.75) is 42.0 Å². The quantitative estimate of drug-likeness (QED) is 0.384. The first-order chi connectivity index (χ1) is 17.3. The summed E-state index contributed by atoms with van der Waals surface area (Å²) in [5.41, 5.74) is 3.00. The number of amides is 1. The molecule has 2 bridgehead atoms. The molecule has 2 heterocycles. The minimum absolute atomic E-state index is 0.0182. The molecule has 5 atom stereocenters. The molecule has 2 fully saturated rings. The number of thioether (sulfide) groups is 1. The van der Waals surface area contributed by atoms with Crippen molar-refractivity contribution in [1.29, 1.82) is 0 Å². The van der Waals surface area contributed by atoms with Gasteiger partial charge >= 0.3 is 4.87 Å². The zero-order valence-electron chi connectivity index (χ0n) is 20.0. The summed E-state index contributed by atoms with van der Waals surface area (Å²) >= 11 is 15.3. The summed E-state index contributed by atoms with van der Waals surface area (Å²) in [6.07, 6.45) is 3.84. The van der Waals surface area contributed by atoms with Crippen LogP contribution in [0.2, 0.25) is 10.0 Å². The van der Waals surface area contributed by atoms with Gasteiger partial charge in [0.05, 0.1) is 15.1 Å². The van der Waals surface area contributed by atoms with Crippen LogP contribution in [0, 0.1) is 17.8 Å². The second-order valence-corrected chi connectivity index (χ2v) is 13.2.